The quantitative estimate of drug-likeness (QED) is 0.638. The van der Waals surface area contributed by atoms with Gasteiger partial charge >= 0.3 is 0 Å². The van der Waals surface area contributed by atoms with E-state index in [0.29, 0.717) is 42.4 Å². The number of carbonyl (C=O) groups excluding carboxylic acids is 2. The van der Waals surface area contributed by atoms with Crippen LogP contribution >= 0.6 is 0 Å². The maximum absolute atomic E-state index is 13.0. The van der Waals surface area contributed by atoms with Crippen molar-refractivity contribution < 1.29 is 28.5 Å². The van der Waals surface area contributed by atoms with Crippen molar-refractivity contribution in [1.29, 1.82) is 0 Å². The fourth-order valence-electron chi connectivity index (χ4n) is 4.41. The first-order valence-corrected chi connectivity index (χ1v) is 11.1. The zero-order valence-electron chi connectivity index (χ0n) is 18.0. The minimum Gasteiger partial charge on any atom is -0.497 e. The van der Waals surface area contributed by atoms with Crippen molar-refractivity contribution in [3.63, 3.8) is 0 Å². The van der Waals surface area contributed by atoms with Crippen molar-refractivity contribution in [3.8, 4) is 17.2 Å². The van der Waals surface area contributed by atoms with E-state index < -0.39 is 0 Å². The predicted octanol–water partition coefficient (Wildman–Crippen LogP) is 3.37. The van der Waals surface area contributed by atoms with E-state index in [-0.39, 0.29) is 41.8 Å². The highest BCUT2D eigenvalue weighted by molar-refractivity contribution is 5.96. The van der Waals surface area contributed by atoms with Gasteiger partial charge in [-0.3, -0.25) is 9.59 Å². The number of fused-ring (bicyclic) bond motifs is 1. The Balaban J connectivity index is 1.20. The van der Waals surface area contributed by atoms with E-state index in [1.54, 1.807) is 25.3 Å². The lowest BCUT2D eigenvalue weighted by Crippen LogP contribution is -2.44. The van der Waals surface area contributed by atoms with Crippen LogP contribution in [0.3, 0.4) is 0 Å². The van der Waals surface area contributed by atoms with Gasteiger partial charge in [0.1, 0.15) is 23.4 Å². The first kappa shape index (κ1) is 21.0. The van der Waals surface area contributed by atoms with Gasteiger partial charge in [0.15, 0.2) is 5.78 Å². The summed E-state index contributed by atoms with van der Waals surface area (Å²) in [6, 6.07) is 14.4. The molecular weight excluding hydrogens is 410 g/mol. The average molecular weight is 437 g/mol. The Morgan fingerprint density at radius 1 is 0.969 bits per heavy atom. The van der Waals surface area contributed by atoms with Crippen molar-refractivity contribution in [1.82, 2.24) is 5.32 Å². The average Bonchev–Trinajstić information content (AvgIpc) is 3.48. The molecule has 2 heterocycles. The van der Waals surface area contributed by atoms with E-state index in [2.05, 4.69) is 5.32 Å². The molecule has 0 aromatic heterocycles. The van der Waals surface area contributed by atoms with E-state index in [4.69, 9.17) is 18.9 Å². The number of nitrogens with one attached hydrogen (secondary N) is 1. The van der Waals surface area contributed by atoms with Crippen LogP contribution in [0.4, 0.5) is 0 Å². The normalized spacial score (nSPS) is 26.4. The second kappa shape index (κ2) is 8.92. The third kappa shape index (κ3) is 4.49. The molecule has 168 valence electrons. The van der Waals surface area contributed by atoms with Gasteiger partial charge in [-0.25, -0.2) is 0 Å². The smallest absolute Gasteiger partial charge is 0.223 e. The predicted molar refractivity (Wildman–Crippen MR) is 116 cm³/mol. The summed E-state index contributed by atoms with van der Waals surface area (Å²) < 4.78 is 23.0. The Bertz CT molecular complexity index is 1000. The second-order valence-electron chi connectivity index (χ2n) is 8.68. The topological polar surface area (TPSA) is 83.1 Å². The van der Waals surface area contributed by atoms with E-state index in [9.17, 15) is 9.59 Å². The molecule has 5 rings (SSSR count). The molecule has 0 radical (unpaired) electrons. The van der Waals surface area contributed by atoms with Gasteiger partial charge in [-0.2, -0.15) is 0 Å². The van der Waals surface area contributed by atoms with Crippen molar-refractivity contribution in [2.75, 3.05) is 20.3 Å². The number of hydrogen-bond donors (Lipinski definition) is 1. The Labute approximate surface area is 187 Å². The molecule has 1 saturated carbocycles. The number of carbonyl (C=O) groups is 2. The van der Waals surface area contributed by atoms with Crippen LogP contribution < -0.4 is 14.8 Å². The summed E-state index contributed by atoms with van der Waals surface area (Å²) in [6.07, 6.45) is 1.91. The summed E-state index contributed by atoms with van der Waals surface area (Å²) in [5, 5.41) is 3.06. The van der Waals surface area contributed by atoms with Gasteiger partial charge in [0.25, 0.3) is 0 Å². The lowest BCUT2D eigenvalue weighted by Gasteiger charge is -2.17. The molecule has 7 heteroatoms. The third-order valence-corrected chi connectivity index (χ3v) is 6.31. The van der Waals surface area contributed by atoms with Gasteiger partial charge in [0.2, 0.25) is 5.91 Å². The number of Topliss-reactive ketones (excluding diaryl/α,β-unsaturated/α-hetero) is 1. The fourth-order valence-corrected chi connectivity index (χ4v) is 4.41. The van der Waals surface area contributed by atoms with E-state index >= 15 is 0 Å². The molecule has 2 aliphatic heterocycles. The first-order chi connectivity index (χ1) is 15.6. The van der Waals surface area contributed by atoms with Gasteiger partial charge in [-0.05, 0) is 37.1 Å². The minimum absolute atomic E-state index is 0.0180. The fraction of sp³-hybridized carbons (Fsp3) is 0.440. The summed E-state index contributed by atoms with van der Waals surface area (Å²) in [7, 11) is 1.60. The minimum atomic E-state index is -0.182. The summed E-state index contributed by atoms with van der Waals surface area (Å²) in [5.41, 5.74) is 0.588. The molecule has 7 nitrogen and oxygen atoms in total. The Kier molecular flexibility index (Phi) is 5.85. The first-order valence-electron chi connectivity index (χ1n) is 11.1. The van der Waals surface area contributed by atoms with Crippen molar-refractivity contribution in [3.05, 3.63) is 54.1 Å². The lowest BCUT2D eigenvalue weighted by atomic mass is 9.92. The number of methoxy groups -OCH3 is 1. The van der Waals surface area contributed by atoms with E-state index in [0.717, 1.165) is 12.8 Å². The zero-order chi connectivity index (χ0) is 22.1. The summed E-state index contributed by atoms with van der Waals surface area (Å²) in [5.74, 6) is 2.16. The molecule has 32 heavy (non-hydrogen) atoms. The molecule has 3 fully saturated rings. The van der Waals surface area contributed by atoms with E-state index in [1.165, 1.54) is 0 Å². The molecule has 1 amide bonds. The monoisotopic (exact) mass is 437 g/mol. The SMILES string of the molecule is COc1cccc(Oc2cccc(C(=O)C[C@H]3CO[C@H]4[C@@H]3OC[C@@H]4NC(=O)C3CC3)c2)c1. The summed E-state index contributed by atoms with van der Waals surface area (Å²) in [6.45, 7) is 0.888. The highest BCUT2D eigenvalue weighted by atomic mass is 16.6. The number of hydrogen-bond acceptors (Lipinski definition) is 6. The maximum atomic E-state index is 13.0. The Morgan fingerprint density at radius 2 is 1.69 bits per heavy atom. The summed E-state index contributed by atoms with van der Waals surface area (Å²) >= 11 is 0. The van der Waals surface area contributed by atoms with Crippen LogP contribution in [0.15, 0.2) is 48.5 Å². The Morgan fingerprint density at radius 3 is 2.47 bits per heavy atom. The molecule has 2 aromatic carbocycles. The molecule has 3 aliphatic rings. The van der Waals surface area contributed by atoms with E-state index in [1.807, 2.05) is 30.3 Å². The van der Waals surface area contributed by atoms with Gasteiger partial charge in [0, 0.05) is 29.9 Å². The lowest BCUT2D eigenvalue weighted by molar-refractivity contribution is -0.123. The number of amides is 1. The standard InChI is InChI=1S/C25H27NO6/c1-29-18-5-3-7-20(12-18)32-19-6-2-4-16(10-19)22(27)11-17-13-30-24-21(14-31-23(17)24)26-25(28)15-8-9-15/h2-7,10,12,15,17,21,23-24H,8-9,11,13-14H2,1H3,(H,26,28)/t17-,21-,23+,24+/m0/s1. The van der Waals surface area contributed by atoms with Gasteiger partial charge in [-0.15, -0.1) is 0 Å². The molecule has 4 atom stereocenters. The highest BCUT2D eigenvalue weighted by Crippen LogP contribution is 2.35. The Hall–Kier alpha value is -2.90. The number of rotatable bonds is 8. The molecule has 0 spiro atoms. The number of ketones is 1. The van der Waals surface area contributed by atoms with Crippen LogP contribution in [0.2, 0.25) is 0 Å². The van der Waals surface area contributed by atoms with Gasteiger partial charge in [-0.1, -0.05) is 18.2 Å². The molecule has 1 N–H and O–H groups in total. The largest absolute Gasteiger partial charge is 0.497 e. The maximum Gasteiger partial charge on any atom is 0.223 e. The molecular formula is C25H27NO6. The number of benzene rings is 2. The molecule has 2 aromatic rings. The summed E-state index contributed by atoms with van der Waals surface area (Å²) in [4.78, 5) is 25.1. The number of ether oxygens (including phenoxy) is 4. The third-order valence-electron chi connectivity index (χ3n) is 6.31. The van der Waals surface area contributed by atoms with Gasteiger partial charge < -0.3 is 24.3 Å². The zero-order valence-corrected chi connectivity index (χ0v) is 18.0. The highest BCUT2D eigenvalue weighted by Gasteiger charge is 2.49. The molecule has 0 unspecified atom stereocenters. The van der Waals surface area contributed by atoms with Crippen LogP contribution in [0.25, 0.3) is 0 Å². The van der Waals surface area contributed by atoms with Crippen molar-refractivity contribution in [2.45, 2.75) is 37.5 Å². The molecule has 2 saturated heterocycles. The molecule has 1 aliphatic carbocycles. The van der Waals surface area contributed by atoms with Crippen LogP contribution in [-0.4, -0.2) is 50.3 Å². The van der Waals surface area contributed by atoms with Gasteiger partial charge in [0.05, 0.1) is 32.5 Å². The van der Waals surface area contributed by atoms with Crippen LogP contribution in [0.5, 0.6) is 17.2 Å². The van der Waals surface area contributed by atoms with Crippen LogP contribution in [-0.2, 0) is 14.3 Å². The van der Waals surface area contributed by atoms with Crippen molar-refractivity contribution in [2.24, 2.45) is 11.8 Å². The second-order valence-corrected chi connectivity index (χ2v) is 8.68. The molecule has 0 bridgehead atoms. The van der Waals surface area contributed by atoms with Crippen molar-refractivity contribution >= 4 is 11.7 Å². The van der Waals surface area contributed by atoms with Crippen LogP contribution in [0, 0.1) is 11.8 Å². The van der Waals surface area contributed by atoms with Crippen LogP contribution in [0.1, 0.15) is 29.6 Å².